The van der Waals surface area contributed by atoms with Crippen molar-refractivity contribution in [2.24, 2.45) is 0 Å². The largest absolute Gasteiger partial charge is 0.444 e. The van der Waals surface area contributed by atoms with Crippen LogP contribution in [0.1, 0.15) is 46.5 Å². The van der Waals surface area contributed by atoms with E-state index in [1.54, 1.807) is 20.8 Å². The van der Waals surface area contributed by atoms with E-state index in [1.807, 2.05) is 0 Å². The van der Waals surface area contributed by atoms with Gasteiger partial charge in [-0.25, -0.2) is 4.79 Å². The van der Waals surface area contributed by atoms with Gasteiger partial charge in [0.25, 0.3) is 0 Å². The molecule has 0 heterocycles. The van der Waals surface area contributed by atoms with E-state index in [2.05, 4.69) is 0 Å². The van der Waals surface area contributed by atoms with E-state index in [1.165, 1.54) is 4.90 Å². The van der Waals surface area contributed by atoms with Gasteiger partial charge in [-0.05, 0) is 33.6 Å². The molecule has 0 spiro atoms. The molecule has 0 atom stereocenters. The third kappa shape index (κ3) is 4.71. The molecule has 0 N–H and O–H groups in total. The van der Waals surface area contributed by atoms with Crippen molar-refractivity contribution in [1.82, 2.24) is 4.90 Å². The highest BCUT2D eigenvalue weighted by molar-refractivity contribution is 5.77. The molecule has 4 nitrogen and oxygen atoms in total. The first-order valence-electron chi connectivity index (χ1n) is 5.97. The number of carbonyl (C=O) groups excluding carboxylic acids is 2. The smallest absolute Gasteiger partial charge is 0.411 e. The quantitative estimate of drug-likeness (QED) is 0.718. The summed E-state index contributed by atoms with van der Waals surface area (Å²) in [7, 11) is 0. The molecule has 1 saturated carbocycles. The Bertz CT molecular complexity index is 293. The number of hydrogen-bond acceptors (Lipinski definition) is 3. The van der Waals surface area contributed by atoms with Gasteiger partial charge in [0, 0.05) is 6.04 Å². The number of halogens is 1. The zero-order valence-corrected chi connectivity index (χ0v) is 10.7. The number of rotatable bonds is 3. The Morgan fingerprint density at radius 3 is 2.24 bits per heavy atom. The lowest BCUT2D eigenvalue weighted by Crippen LogP contribution is -2.44. The highest BCUT2D eigenvalue weighted by Crippen LogP contribution is 2.25. The van der Waals surface area contributed by atoms with Gasteiger partial charge in [0.1, 0.15) is 12.1 Å². The molecule has 1 aliphatic carbocycles. The van der Waals surface area contributed by atoms with Crippen LogP contribution >= 0.6 is 0 Å². The zero-order chi connectivity index (χ0) is 13.1. The van der Waals surface area contributed by atoms with E-state index in [0.29, 0.717) is 0 Å². The summed E-state index contributed by atoms with van der Waals surface area (Å²) in [6.45, 7) is 4.73. The molecule has 0 aromatic rings. The van der Waals surface area contributed by atoms with Crippen LogP contribution in [-0.2, 0) is 9.53 Å². The van der Waals surface area contributed by atoms with Gasteiger partial charge in [-0.2, -0.15) is 4.39 Å². The summed E-state index contributed by atoms with van der Waals surface area (Å²) in [6.07, 6.45) is 3.03. The van der Waals surface area contributed by atoms with Gasteiger partial charge in [0.05, 0.1) is 0 Å². The second kappa shape index (κ2) is 5.47. The maximum Gasteiger partial charge on any atom is 0.411 e. The minimum atomic E-state index is -1.50. The first-order valence-corrected chi connectivity index (χ1v) is 5.97. The lowest BCUT2D eigenvalue weighted by atomic mass is 10.2. The second-order valence-electron chi connectivity index (χ2n) is 5.40. The lowest BCUT2D eigenvalue weighted by Gasteiger charge is -2.30. The summed E-state index contributed by atoms with van der Waals surface area (Å²) in [4.78, 5) is 23.7. The minimum Gasteiger partial charge on any atom is -0.444 e. The summed E-state index contributed by atoms with van der Waals surface area (Å²) in [5.74, 6) is 0. The maximum absolute atomic E-state index is 12.5. The Kier molecular flexibility index (Phi) is 4.48. The van der Waals surface area contributed by atoms with Gasteiger partial charge in [-0.15, -0.1) is 0 Å². The molecule has 1 rings (SSSR count). The predicted octanol–water partition coefficient (Wildman–Crippen LogP) is 2.66. The van der Waals surface area contributed by atoms with Gasteiger partial charge < -0.3 is 4.74 Å². The summed E-state index contributed by atoms with van der Waals surface area (Å²) < 4.78 is 17.7. The number of amides is 1. The van der Waals surface area contributed by atoms with Crippen molar-refractivity contribution in [1.29, 1.82) is 0 Å². The van der Waals surface area contributed by atoms with Crippen LogP contribution in [0.3, 0.4) is 0 Å². The molecule has 0 aliphatic heterocycles. The summed E-state index contributed by atoms with van der Waals surface area (Å²) in [5, 5.41) is 0. The molecule has 1 amide bonds. The van der Waals surface area contributed by atoms with Crippen LogP contribution in [0.5, 0.6) is 0 Å². The van der Waals surface area contributed by atoms with E-state index in [-0.39, 0.29) is 6.04 Å². The fourth-order valence-electron chi connectivity index (χ4n) is 2.01. The molecule has 0 unspecified atom stereocenters. The molecule has 0 radical (unpaired) electrons. The number of ether oxygens (including phenoxy) is 1. The van der Waals surface area contributed by atoms with Crippen LogP contribution in [0.25, 0.3) is 0 Å². The molecule has 5 heteroatoms. The van der Waals surface area contributed by atoms with Gasteiger partial charge in [0.15, 0.2) is 0 Å². The predicted molar refractivity (Wildman–Crippen MR) is 61.3 cm³/mol. The summed E-state index contributed by atoms with van der Waals surface area (Å²) in [6, 6.07) is -1.56. The SMILES string of the molecule is CC(C)(C)OC(=O)N(CC(=O)F)C1CCCC1. The first kappa shape index (κ1) is 13.9. The van der Waals surface area contributed by atoms with Crippen molar-refractivity contribution in [3.8, 4) is 0 Å². The number of carbonyl (C=O) groups is 2. The Morgan fingerprint density at radius 2 is 1.82 bits per heavy atom. The highest BCUT2D eigenvalue weighted by Gasteiger charge is 2.31. The van der Waals surface area contributed by atoms with Gasteiger partial charge >= 0.3 is 12.1 Å². The minimum absolute atomic E-state index is 0.0652. The fourth-order valence-corrected chi connectivity index (χ4v) is 2.01. The van der Waals surface area contributed by atoms with Gasteiger partial charge in [-0.1, -0.05) is 12.8 Å². The van der Waals surface area contributed by atoms with E-state index in [4.69, 9.17) is 4.74 Å². The fraction of sp³-hybridized carbons (Fsp3) is 0.833. The first-order chi connectivity index (χ1) is 7.79. The van der Waals surface area contributed by atoms with Crippen LogP contribution in [-0.4, -0.2) is 35.2 Å². The van der Waals surface area contributed by atoms with E-state index >= 15 is 0 Å². The molecule has 0 aromatic carbocycles. The van der Waals surface area contributed by atoms with Crippen LogP contribution < -0.4 is 0 Å². The maximum atomic E-state index is 12.5. The second-order valence-corrected chi connectivity index (χ2v) is 5.40. The molecule has 0 bridgehead atoms. The molecule has 0 saturated heterocycles. The Hall–Kier alpha value is -1.13. The van der Waals surface area contributed by atoms with Crippen molar-refractivity contribution in [2.75, 3.05) is 6.54 Å². The third-order valence-corrected chi connectivity index (χ3v) is 2.69. The van der Waals surface area contributed by atoms with Crippen molar-refractivity contribution >= 4 is 12.1 Å². The molecule has 1 fully saturated rings. The van der Waals surface area contributed by atoms with E-state index in [0.717, 1.165) is 25.7 Å². The van der Waals surface area contributed by atoms with Crippen LogP contribution in [0.15, 0.2) is 0 Å². The monoisotopic (exact) mass is 245 g/mol. The summed E-state index contributed by atoms with van der Waals surface area (Å²) >= 11 is 0. The molecule has 98 valence electrons. The normalized spacial score (nSPS) is 16.9. The summed E-state index contributed by atoms with van der Waals surface area (Å²) in [5.41, 5.74) is -0.632. The average molecular weight is 245 g/mol. The topological polar surface area (TPSA) is 46.6 Å². The number of nitrogens with zero attached hydrogens (tertiary/aromatic N) is 1. The van der Waals surface area contributed by atoms with Crippen molar-refractivity contribution in [2.45, 2.75) is 58.1 Å². The van der Waals surface area contributed by atoms with E-state index in [9.17, 15) is 14.0 Å². The van der Waals surface area contributed by atoms with Crippen LogP contribution in [0, 0.1) is 0 Å². The Balaban J connectivity index is 2.67. The van der Waals surface area contributed by atoms with Crippen molar-refractivity contribution in [3.63, 3.8) is 0 Å². The molecular formula is C12H20FNO3. The third-order valence-electron chi connectivity index (χ3n) is 2.69. The lowest BCUT2D eigenvalue weighted by molar-refractivity contribution is -0.131. The van der Waals surface area contributed by atoms with Gasteiger partial charge in [0.2, 0.25) is 0 Å². The Labute approximate surface area is 101 Å². The zero-order valence-electron chi connectivity index (χ0n) is 10.7. The van der Waals surface area contributed by atoms with Crippen molar-refractivity contribution in [3.05, 3.63) is 0 Å². The molecule has 1 aliphatic rings. The molecule has 0 aromatic heterocycles. The molecular weight excluding hydrogens is 225 g/mol. The van der Waals surface area contributed by atoms with Crippen molar-refractivity contribution < 1.29 is 18.7 Å². The van der Waals surface area contributed by atoms with Crippen LogP contribution in [0.2, 0.25) is 0 Å². The number of hydrogen-bond donors (Lipinski definition) is 0. The van der Waals surface area contributed by atoms with Crippen LogP contribution in [0.4, 0.5) is 9.18 Å². The average Bonchev–Trinajstić information content (AvgIpc) is 2.63. The Morgan fingerprint density at radius 1 is 1.29 bits per heavy atom. The highest BCUT2D eigenvalue weighted by atomic mass is 19.1. The van der Waals surface area contributed by atoms with Gasteiger partial charge in [-0.3, -0.25) is 9.69 Å². The molecule has 17 heavy (non-hydrogen) atoms. The van der Waals surface area contributed by atoms with E-state index < -0.39 is 24.3 Å². The standard InChI is InChI=1S/C12H20FNO3/c1-12(2,3)17-11(16)14(8-10(13)15)9-6-4-5-7-9/h9H,4-8H2,1-3H3.